The predicted molar refractivity (Wildman–Crippen MR) is 106 cm³/mol. The molecule has 6 heteroatoms. The molecule has 0 bridgehead atoms. The lowest BCUT2D eigenvalue weighted by Crippen LogP contribution is -2.30. The number of anilines is 1. The number of para-hydroxylation sites is 1. The molecule has 0 aliphatic rings. The van der Waals surface area contributed by atoms with Crippen LogP contribution in [0.25, 0.3) is 11.0 Å². The summed E-state index contributed by atoms with van der Waals surface area (Å²) >= 11 is 3.41. The molecule has 0 spiro atoms. The van der Waals surface area contributed by atoms with Crippen molar-refractivity contribution in [2.75, 3.05) is 18.4 Å². The average Bonchev–Trinajstić information content (AvgIpc) is 3.09. The van der Waals surface area contributed by atoms with Gasteiger partial charge in [-0.3, -0.25) is 9.59 Å². The Morgan fingerprint density at radius 3 is 2.50 bits per heavy atom. The van der Waals surface area contributed by atoms with Crippen LogP contribution in [0.4, 0.5) is 5.69 Å². The summed E-state index contributed by atoms with van der Waals surface area (Å²) in [5.41, 5.74) is 1.72. The molecule has 134 valence electrons. The molecule has 3 rings (SSSR count). The van der Waals surface area contributed by atoms with E-state index in [1.165, 1.54) is 0 Å². The van der Waals surface area contributed by atoms with Crippen LogP contribution in [0.3, 0.4) is 0 Å². The number of furan rings is 1. The summed E-state index contributed by atoms with van der Waals surface area (Å²) in [4.78, 5) is 26.7. The van der Waals surface area contributed by atoms with Crippen LogP contribution < -0.4 is 5.32 Å². The molecule has 1 heterocycles. The number of hydrogen-bond donors (Lipinski definition) is 1. The standard InChI is InChI=1S/C20H19BrN2O3/c1-3-23(4-2)20(25)14-8-5-9-15(11-14)22-19(24)17-12-13-7-6-10-16(21)18(13)26-17/h5-12H,3-4H2,1-2H3,(H,22,24). The highest BCUT2D eigenvalue weighted by Crippen LogP contribution is 2.27. The first-order valence-electron chi connectivity index (χ1n) is 8.42. The Morgan fingerprint density at radius 1 is 1.08 bits per heavy atom. The largest absolute Gasteiger partial charge is 0.450 e. The van der Waals surface area contributed by atoms with Crippen molar-refractivity contribution in [2.45, 2.75) is 13.8 Å². The van der Waals surface area contributed by atoms with Crippen LogP contribution in [-0.4, -0.2) is 29.8 Å². The third-order valence-electron chi connectivity index (χ3n) is 4.14. The van der Waals surface area contributed by atoms with Gasteiger partial charge in [0.15, 0.2) is 5.76 Å². The summed E-state index contributed by atoms with van der Waals surface area (Å²) in [6.45, 7) is 5.15. The van der Waals surface area contributed by atoms with E-state index in [0.29, 0.717) is 29.9 Å². The molecule has 0 saturated heterocycles. The van der Waals surface area contributed by atoms with Crippen molar-refractivity contribution in [3.8, 4) is 0 Å². The van der Waals surface area contributed by atoms with Crippen LogP contribution in [0, 0.1) is 0 Å². The van der Waals surface area contributed by atoms with Gasteiger partial charge < -0.3 is 14.6 Å². The highest BCUT2D eigenvalue weighted by Gasteiger charge is 2.16. The zero-order valence-electron chi connectivity index (χ0n) is 14.6. The average molecular weight is 415 g/mol. The molecule has 0 radical (unpaired) electrons. The molecule has 5 nitrogen and oxygen atoms in total. The van der Waals surface area contributed by atoms with E-state index < -0.39 is 0 Å². The number of rotatable bonds is 5. The lowest BCUT2D eigenvalue weighted by atomic mass is 10.1. The number of halogens is 1. The zero-order chi connectivity index (χ0) is 18.7. The van der Waals surface area contributed by atoms with Crippen molar-refractivity contribution in [3.63, 3.8) is 0 Å². The van der Waals surface area contributed by atoms with Crippen LogP contribution in [0.2, 0.25) is 0 Å². The minimum Gasteiger partial charge on any atom is -0.450 e. The molecule has 0 fully saturated rings. The Kier molecular flexibility index (Phi) is 5.42. The van der Waals surface area contributed by atoms with E-state index in [2.05, 4.69) is 21.2 Å². The van der Waals surface area contributed by atoms with Crippen molar-refractivity contribution in [1.29, 1.82) is 0 Å². The van der Waals surface area contributed by atoms with Gasteiger partial charge in [0, 0.05) is 29.7 Å². The molecule has 0 aliphatic heterocycles. The number of benzene rings is 2. The Labute approximate surface area is 160 Å². The normalized spacial score (nSPS) is 10.7. The van der Waals surface area contributed by atoms with Crippen LogP contribution in [0.15, 0.2) is 57.4 Å². The quantitative estimate of drug-likeness (QED) is 0.643. The molecular formula is C20H19BrN2O3. The van der Waals surface area contributed by atoms with Crippen LogP contribution in [0.1, 0.15) is 34.8 Å². The molecule has 0 aliphatic carbocycles. The van der Waals surface area contributed by atoms with Gasteiger partial charge >= 0.3 is 0 Å². The smallest absolute Gasteiger partial charge is 0.291 e. The fourth-order valence-electron chi connectivity index (χ4n) is 2.76. The second-order valence-electron chi connectivity index (χ2n) is 5.78. The highest BCUT2D eigenvalue weighted by atomic mass is 79.9. The third-order valence-corrected chi connectivity index (χ3v) is 4.76. The predicted octanol–water partition coefficient (Wildman–Crippen LogP) is 4.93. The van der Waals surface area contributed by atoms with Gasteiger partial charge in [0.2, 0.25) is 0 Å². The second kappa shape index (κ2) is 7.74. The molecule has 1 N–H and O–H groups in total. The third kappa shape index (κ3) is 3.65. The Balaban J connectivity index is 1.82. The van der Waals surface area contributed by atoms with E-state index in [4.69, 9.17) is 4.42 Å². The molecule has 2 amide bonds. The van der Waals surface area contributed by atoms with Crippen LogP contribution in [0.5, 0.6) is 0 Å². The summed E-state index contributed by atoms with van der Waals surface area (Å²) < 4.78 is 6.44. The van der Waals surface area contributed by atoms with Gasteiger partial charge in [-0.1, -0.05) is 18.2 Å². The number of carbonyl (C=O) groups is 2. The first-order chi connectivity index (χ1) is 12.5. The number of carbonyl (C=O) groups excluding carboxylic acids is 2. The summed E-state index contributed by atoms with van der Waals surface area (Å²) in [6, 6.07) is 14.2. The number of hydrogen-bond acceptors (Lipinski definition) is 3. The molecule has 0 saturated carbocycles. The number of nitrogens with zero attached hydrogens (tertiary/aromatic N) is 1. The van der Waals surface area contributed by atoms with Crippen molar-refractivity contribution in [1.82, 2.24) is 4.90 Å². The van der Waals surface area contributed by atoms with Gasteiger partial charge in [0.25, 0.3) is 11.8 Å². The lowest BCUT2D eigenvalue weighted by Gasteiger charge is -2.18. The number of amides is 2. The van der Waals surface area contributed by atoms with Gasteiger partial charge in [-0.2, -0.15) is 0 Å². The monoisotopic (exact) mass is 414 g/mol. The van der Waals surface area contributed by atoms with Gasteiger partial charge in [-0.15, -0.1) is 0 Å². The van der Waals surface area contributed by atoms with Gasteiger partial charge in [-0.05, 0) is 60.1 Å². The van der Waals surface area contributed by atoms with E-state index in [0.717, 1.165) is 9.86 Å². The number of fused-ring (bicyclic) bond motifs is 1. The minimum atomic E-state index is -0.361. The lowest BCUT2D eigenvalue weighted by molar-refractivity contribution is 0.0772. The van der Waals surface area contributed by atoms with Crippen LogP contribution >= 0.6 is 15.9 Å². The fourth-order valence-corrected chi connectivity index (χ4v) is 3.22. The van der Waals surface area contributed by atoms with Gasteiger partial charge in [-0.25, -0.2) is 0 Å². The number of nitrogens with one attached hydrogen (secondary N) is 1. The summed E-state index contributed by atoms with van der Waals surface area (Å²) in [5.74, 6) is -0.202. The Bertz CT molecular complexity index is 961. The van der Waals surface area contributed by atoms with Crippen LogP contribution in [-0.2, 0) is 0 Å². The summed E-state index contributed by atoms with van der Waals surface area (Å²) in [5, 5.41) is 3.63. The molecule has 0 atom stereocenters. The van der Waals surface area contributed by atoms with Crippen molar-refractivity contribution >= 4 is 44.4 Å². The van der Waals surface area contributed by atoms with Crippen molar-refractivity contribution < 1.29 is 14.0 Å². The Hall–Kier alpha value is -2.60. The first-order valence-corrected chi connectivity index (χ1v) is 9.21. The van der Waals surface area contributed by atoms with Gasteiger partial charge in [0.1, 0.15) is 5.58 Å². The second-order valence-corrected chi connectivity index (χ2v) is 6.64. The van der Waals surface area contributed by atoms with E-state index in [1.54, 1.807) is 35.2 Å². The van der Waals surface area contributed by atoms with Gasteiger partial charge in [0.05, 0.1) is 4.47 Å². The first kappa shape index (κ1) is 18.2. The molecule has 0 unspecified atom stereocenters. The Morgan fingerprint density at radius 2 is 1.81 bits per heavy atom. The molecule has 26 heavy (non-hydrogen) atoms. The maximum absolute atomic E-state index is 12.5. The molecular weight excluding hydrogens is 396 g/mol. The molecule has 1 aromatic heterocycles. The van der Waals surface area contributed by atoms with E-state index in [9.17, 15) is 9.59 Å². The SMILES string of the molecule is CCN(CC)C(=O)c1cccc(NC(=O)c2cc3cccc(Br)c3o2)c1. The van der Waals surface area contributed by atoms with Crippen molar-refractivity contribution in [2.24, 2.45) is 0 Å². The maximum Gasteiger partial charge on any atom is 0.291 e. The van der Waals surface area contributed by atoms with E-state index in [-0.39, 0.29) is 17.6 Å². The maximum atomic E-state index is 12.5. The topological polar surface area (TPSA) is 62.6 Å². The van der Waals surface area contributed by atoms with E-state index in [1.807, 2.05) is 32.0 Å². The summed E-state index contributed by atoms with van der Waals surface area (Å²) in [6.07, 6.45) is 0. The summed E-state index contributed by atoms with van der Waals surface area (Å²) in [7, 11) is 0. The highest BCUT2D eigenvalue weighted by molar-refractivity contribution is 9.10. The molecule has 2 aromatic carbocycles. The zero-order valence-corrected chi connectivity index (χ0v) is 16.2. The minimum absolute atomic E-state index is 0.0567. The van der Waals surface area contributed by atoms with Crippen molar-refractivity contribution in [3.05, 3.63) is 64.3 Å². The van der Waals surface area contributed by atoms with E-state index >= 15 is 0 Å². The molecule has 3 aromatic rings. The fraction of sp³-hybridized carbons (Fsp3) is 0.200.